The van der Waals surface area contributed by atoms with E-state index in [2.05, 4.69) is 19.1 Å². The lowest BCUT2D eigenvalue weighted by molar-refractivity contribution is 0.213. The SMILES string of the molecule is COc1ccc(C(C)C2(CCCCS(=O)(=O)O)CCCC2)cc1. The van der Waals surface area contributed by atoms with Gasteiger partial charge in [-0.05, 0) is 54.7 Å². The van der Waals surface area contributed by atoms with Crippen LogP contribution in [0.2, 0.25) is 0 Å². The zero-order chi connectivity index (χ0) is 16.9. The average Bonchev–Trinajstić information content (AvgIpc) is 3.00. The van der Waals surface area contributed by atoms with Crippen LogP contribution in [0.15, 0.2) is 24.3 Å². The lowest BCUT2D eigenvalue weighted by atomic mass is 9.68. The van der Waals surface area contributed by atoms with Gasteiger partial charge in [0.15, 0.2) is 0 Å². The van der Waals surface area contributed by atoms with Crippen molar-refractivity contribution in [2.75, 3.05) is 12.9 Å². The Bertz CT molecular complexity index is 586. The van der Waals surface area contributed by atoms with Crippen LogP contribution in [-0.2, 0) is 10.1 Å². The minimum Gasteiger partial charge on any atom is -0.497 e. The van der Waals surface area contributed by atoms with E-state index in [4.69, 9.17) is 9.29 Å². The van der Waals surface area contributed by atoms with Crippen molar-refractivity contribution in [2.24, 2.45) is 5.41 Å². The molecule has 5 heteroatoms. The molecule has 0 aliphatic heterocycles. The van der Waals surface area contributed by atoms with Gasteiger partial charge < -0.3 is 4.74 Å². The summed E-state index contributed by atoms with van der Waals surface area (Å²) >= 11 is 0. The highest BCUT2D eigenvalue weighted by Crippen LogP contribution is 2.52. The van der Waals surface area contributed by atoms with E-state index in [1.54, 1.807) is 7.11 Å². The van der Waals surface area contributed by atoms with Gasteiger partial charge in [0.2, 0.25) is 0 Å². The molecule has 2 rings (SSSR count). The zero-order valence-corrected chi connectivity index (χ0v) is 14.9. The van der Waals surface area contributed by atoms with E-state index in [0.29, 0.717) is 12.3 Å². The molecule has 1 aromatic rings. The number of hydrogen-bond acceptors (Lipinski definition) is 3. The molecule has 0 aromatic heterocycles. The minimum absolute atomic E-state index is 0.125. The highest BCUT2D eigenvalue weighted by Gasteiger charge is 2.38. The first-order valence-electron chi connectivity index (χ1n) is 8.45. The molecule has 1 aliphatic rings. The third-order valence-corrected chi connectivity index (χ3v) is 6.27. The second kappa shape index (κ2) is 7.67. The van der Waals surface area contributed by atoms with Gasteiger partial charge in [0, 0.05) is 0 Å². The van der Waals surface area contributed by atoms with Gasteiger partial charge in [-0.15, -0.1) is 0 Å². The summed E-state index contributed by atoms with van der Waals surface area (Å²) in [6.07, 6.45) is 7.31. The molecule has 0 bridgehead atoms. The summed E-state index contributed by atoms with van der Waals surface area (Å²) in [5, 5.41) is 0. The molecule has 1 aromatic carbocycles. The van der Waals surface area contributed by atoms with E-state index in [0.717, 1.165) is 18.6 Å². The summed E-state index contributed by atoms with van der Waals surface area (Å²) in [4.78, 5) is 0. The summed E-state index contributed by atoms with van der Waals surface area (Å²) < 4.78 is 35.8. The molecular formula is C18H28O4S. The van der Waals surface area contributed by atoms with Crippen molar-refractivity contribution in [3.63, 3.8) is 0 Å². The number of ether oxygens (including phenoxy) is 1. The molecule has 1 atom stereocenters. The van der Waals surface area contributed by atoms with Crippen LogP contribution >= 0.6 is 0 Å². The molecule has 0 saturated heterocycles. The van der Waals surface area contributed by atoms with Crippen molar-refractivity contribution >= 4 is 10.1 Å². The molecule has 0 radical (unpaired) electrons. The van der Waals surface area contributed by atoms with Crippen LogP contribution in [0, 0.1) is 5.41 Å². The number of hydrogen-bond donors (Lipinski definition) is 1. The number of unbranched alkanes of at least 4 members (excludes halogenated alkanes) is 1. The van der Waals surface area contributed by atoms with Gasteiger partial charge in [0.1, 0.15) is 5.75 Å². The maximum absolute atomic E-state index is 10.9. The molecule has 1 aliphatic carbocycles. The third-order valence-electron chi connectivity index (χ3n) is 5.46. The molecule has 0 amide bonds. The summed E-state index contributed by atoms with van der Waals surface area (Å²) in [5.41, 5.74) is 1.58. The topological polar surface area (TPSA) is 63.6 Å². The van der Waals surface area contributed by atoms with Crippen molar-refractivity contribution in [3.05, 3.63) is 29.8 Å². The molecule has 130 valence electrons. The van der Waals surface area contributed by atoms with Crippen molar-refractivity contribution in [1.82, 2.24) is 0 Å². The largest absolute Gasteiger partial charge is 0.497 e. The van der Waals surface area contributed by atoms with E-state index in [1.807, 2.05) is 12.1 Å². The van der Waals surface area contributed by atoms with E-state index in [9.17, 15) is 8.42 Å². The predicted octanol–water partition coefficient (Wildman–Crippen LogP) is 4.42. The van der Waals surface area contributed by atoms with Crippen LogP contribution in [0.25, 0.3) is 0 Å². The number of benzene rings is 1. The highest BCUT2D eigenvalue weighted by molar-refractivity contribution is 7.85. The monoisotopic (exact) mass is 340 g/mol. The Morgan fingerprint density at radius 2 is 1.78 bits per heavy atom. The van der Waals surface area contributed by atoms with Crippen LogP contribution in [0.1, 0.15) is 63.4 Å². The van der Waals surface area contributed by atoms with Crippen LogP contribution in [0.5, 0.6) is 5.75 Å². The molecule has 1 unspecified atom stereocenters. The fourth-order valence-corrected chi connectivity index (χ4v) is 4.56. The van der Waals surface area contributed by atoms with Gasteiger partial charge in [-0.25, -0.2) is 0 Å². The second-order valence-electron chi connectivity index (χ2n) is 6.81. The first kappa shape index (κ1) is 18.3. The van der Waals surface area contributed by atoms with Crippen molar-refractivity contribution in [3.8, 4) is 5.75 Å². The highest BCUT2D eigenvalue weighted by atomic mass is 32.2. The van der Waals surface area contributed by atoms with Gasteiger partial charge in [0.05, 0.1) is 12.9 Å². The predicted molar refractivity (Wildman–Crippen MR) is 92.6 cm³/mol. The summed E-state index contributed by atoms with van der Waals surface area (Å²) in [7, 11) is -2.16. The molecule has 0 heterocycles. The number of methoxy groups -OCH3 is 1. The molecule has 1 fully saturated rings. The summed E-state index contributed by atoms with van der Waals surface area (Å²) in [5.74, 6) is 1.19. The van der Waals surface area contributed by atoms with E-state index in [1.165, 1.54) is 31.2 Å². The Kier molecular flexibility index (Phi) is 6.09. The van der Waals surface area contributed by atoms with E-state index < -0.39 is 10.1 Å². The average molecular weight is 340 g/mol. The quantitative estimate of drug-likeness (QED) is 0.562. The second-order valence-corrected chi connectivity index (χ2v) is 8.38. The van der Waals surface area contributed by atoms with Gasteiger partial charge in [-0.3, -0.25) is 4.55 Å². The Labute approximate surface area is 140 Å². The van der Waals surface area contributed by atoms with Gasteiger partial charge in [-0.1, -0.05) is 38.3 Å². The minimum atomic E-state index is -3.83. The van der Waals surface area contributed by atoms with E-state index >= 15 is 0 Å². The van der Waals surface area contributed by atoms with Gasteiger partial charge >= 0.3 is 0 Å². The first-order chi connectivity index (χ1) is 10.9. The molecule has 1 saturated carbocycles. The van der Waals surface area contributed by atoms with Gasteiger partial charge in [-0.2, -0.15) is 8.42 Å². The lowest BCUT2D eigenvalue weighted by Crippen LogP contribution is -2.24. The van der Waals surface area contributed by atoms with Gasteiger partial charge in [0.25, 0.3) is 10.1 Å². The molecule has 1 N–H and O–H groups in total. The maximum atomic E-state index is 10.9. The lowest BCUT2D eigenvalue weighted by Gasteiger charge is -2.36. The normalized spacial score (nSPS) is 18.7. The molecule has 23 heavy (non-hydrogen) atoms. The summed E-state index contributed by atoms with van der Waals surface area (Å²) in [6.45, 7) is 2.29. The standard InChI is InChI=1S/C18H28O4S/c1-15(16-7-9-17(22-2)10-8-16)18(11-3-4-12-18)13-5-6-14-23(19,20)21/h7-10,15H,3-6,11-14H2,1-2H3,(H,19,20,21). The van der Waals surface area contributed by atoms with Crippen LogP contribution in [-0.4, -0.2) is 25.8 Å². The molecular weight excluding hydrogens is 312 g/mol. The van der Waals surface area contributed by atoms with Crippen LogP contribution in [0.4, 0.5) is 0 Å². The van der Waals surface area contributed by atoms with Crippen molar-refractivity contribution in [2.45, 2.75) is 57.8 Å². The number of rotatable bonds is 8. The van der Waals surface area contributed by atoms with Crippen molar-refractivity contribution in [1.29, 1.82) is 0 Å². The first-order valence-corrected chi connectivity index (χ1v) is 10.1. The van der Waals surface area contributed by atoms with Crippen molar-refractivity contribution < 1.29 is 17.7 Å². The third kappa shape index (κ3) is 4.95. The fourth-order valence-electron chi connectivity index (χ4n) is 3.99. The van der Waals surface area contributed by atoms with E-state index in [-0.39, 0.29) is 11.2 Å². The summed E-state index contributed by atoms with van der Waals surface area (Å²) in [6, 6.07) is 8.29. The Hall–Kier alpha value is -1.07. The van der Waals surface area contributed by atoms with Crippen LogP contribution in [0.3, 0.4) is 0 Å². The smallest absolute Gasteiger partial charge is 0.264 e. The maximum Gasteiger partial charge on any atom is 0.264 e. The Balaban J connectivity index is 2.03. The van der Waals surface area contributed by atoms with Crippen LogP contribution < -0.4 is 4.74 Å². The fraction of sp³-hybridized carbons (Fsp3) is 0.667. The Morgan fingerprint density at radius 3 is 2.30 bits per heavy atom. The zero-order valence-electron chi connectivity index (χ0n) is 14.1. The molecule has 0 spiro atoms. The molecule has 4 nitrogen and oxygen atoms in total. The Morgan fingerprint density at radius 1 is 1.17 bits per heavy atom.